The Morgan fingerprint density at radius 3 is 2.66 bits per heavy atom. The molecule has 2 aliphatic heterocycles. The van der Waals surface area contributed by atoms with Gasteiger partial charge in [0.1, 0.15) is 17.3 Å². The van der Waals surface area contributed by atoms with E-state index in [1.54, 1.807) is 34.3 Å². The number of aryl methyl sites for hydroxylation is 2. The summed E-state index contributed by atoms with van der Waals surface area (Å²) in [5, 5.41) is 3.63. The summed E-state index contributed by atoms with van der Waals surface area (Å²) in [7, 11) is 1.44. The Hall–Kier alpha value is -4.02. The first-order chi connectivity index (χ1) is 18.3. The number of halogens is 2. The van der Waals surface area contributed by atoms with Crippen molar-refractivity contribution in [1.29, 1.82) is 0 Å². The molecule has 2 amide bonds. The number of nitrogens with zero attached hydrogens (tertiary/aromatic N) is 5. The zero-order valence-electron chi connectivity index (χ0n) is 21.6. The average Bonchev–Trinajstić information content (AvgIpc) is 3.31. The zero-order valence-corrected chi connectivity index (χ0v) is 21.6. The van der Waals surface area contributed by atoms with Gasteiger partial charge in [0.15, 0.2) is 5.82 Å². The van der Waals surface area contributed by atoms with E-state index in [2.05, 4.69) is 26.1 Å². The van der Waals surface area contributed by atoms with Gasteiger partial charge in [0, 0.05) is 55.8 Å². The highest BCUT2D eigenvalue weighted by atomic mass is 19.3. The van der Waals surface area contributed by atoms with Crippen molar-refractivity contribution in [3.8, 4) is 22.9 Å². The van der Waals surface area contributed by atoms with E-state index in [-0.39, 0.29) is 17.3 Å². The SMILES string of the molecule is CCN(C(=O)N1CCC2(CCc3cc(-c4ncccn4)c(C)nc3N2)C1)c1cc(OC)cc(OC(F)F)c1. The second-order valence-corrected chi connectivity index (χ2v) is 9.55. The maximum atomic E-state index is 13.6. The smallest absolute Gasteiger partial charge is 0.387 e. The topological polar surface area (TPSA) is 92.7 Å². The Kier molecular flexibility index (Phi) is 7.00. The van der Waals surface area contributed by atoms with Gasteiger partial charge in [-0.25, -0.2) is 19.7 Å². The number of carbonyl (C=O) groups is 1. The largest absolute Gasteiger partial charge is 0.497 e. The highest BCUT2D eigenvalue weighted by Gasteiger charge is 2.43. The molecular weight excluding hydrogens is 494 g/mol. The fourth-order valence-corrected chi connectivity index (χ4v) is 5.24. The van der Waals surface area contributed by atoms with Crippen molar-refractivity contribution < 1.29 is 23.0 Å². The normalized spacial score (nSPS) is 18.3. The Bertz CT molecular complexity index is 1330. The van der Waals surface area contributed by atoms with Crippen LogP contribution in [0.15, 0.2) is 42.7 Å². The van der Waals surface area contributed by atoms with Crippen molar-refractivity contribution in [2.75, 3.05) is 37.0 Å². The summed E-state index contributed by atoms with van der Waals surface area (Å²) in [6.45, 7) is 2.23. The number of methoxy groups -OCH3 is 1. The van der Waals surface area contributed by atoms with Crippen molar-refractivity contribution in [1.82, 2.24) is 19.9 Å². The summed E-state index contributed by atoms with van der Waals surface area (Å²) >= 11 is 0. The molecule has 3 aromatic rings. The lowest BCUT2D eigenvalue weighted by Crippen LogP contribution is -2.48. The number of likely N-dealkylation sites (tertiary alicyclic amines) is 1. The average molecular weight is 525 g/mol. The fourth-order valence-electron chi connectivity index (χ4n) is 5.24. The van der Waals surface area contributed by atoms with Gasteiger partial charge in [-0.15, -0.1) is 0 Å². The first kappa shape index (κ1) is 25.6. The molecule has 0 radical (unpaired) electrons. The van der Waals surface area contributed by atoms with Gasteiger partial charge in [0.05, 0.1) is 24.0 Å². The number of hydrogen-bond donors (Lipinski definition) is 1. The third-order valence-electron chi connectivity index (χ3n) is 7.16. The summed E-state index contributed by atoms with van der Waals surface area (Å²) in [6, 6.07) is 8.12. The van der Waals surface area contributed by atoms with E-state index in [0.717, 1.165) is 41.9 Å². The van der Waals surface area contributed by atoms with Crippen LogP contribution < -0.4 is 19.7 Å². The first-order valence-corrected chi connectivity index (χ1v) is 12.6. The highest BCUT2D eigenvalue weighted by Crippen LogP contribution is 2.39. The summed E-state index contributed by atoms with van der Waals surface area (Å²) in [4.78, 5) is 30.5. The molecule has 5 rings (SSSR count). The molecule has 1 N–H and O–H groups in total. The van der Waals surface area contributed by atoms with Gasteiger partial charge >= 0.3 is 12.6 Å². The Labute approximate surface area is 219 Å². The maximum Gasteiger partial charge on any atom is 0.387 e. The van der Waals surface area contributed by atoms with E-state index < -0.39 is 6.61 Å². The molecular formula is C27H30F2N6O3. The standard InChI is InChI=1S/C27H30F2N6O3/c1-4-35(19-13-20(37-3)15-21(14-19)38-25(28)29)26(36)34-11-8-27(16-34)7-6-18-12-22(17(2)32-23(18)33-27)24-30-9-5-10-31-24/h5,9-10,12-15,25H,4,6-8,11,16H2,1-3H3,(H,32,33). The minimum atomic E-state index is -2.98. The van der Waals surface area contributed by atoms with Crippen molar-refractivity contribution >= 4 is 17.5 Å². The van der Waals surface area contributed by atoms with Crippen molar-refractivity contribution in [2.24, 2.45) is 0 Å². The molecule has 0 bridgehead atoms. The molecule has 1 aromatic carbocycles. The van der Waals surface area contributed by atoms with Crippen LogP contribution in [0.5, 0.6) is 11.5 Å². The zero-order chi connectivity index (χ0) is 26.9. The van der Waals surface area contributed by atoms with Crippen molar-refractivity contribution in [3.05, 3.63) is 54.0 Å². The van der Waals surface area contributed by atoms with Gasteiger partial charge in [0.2, 0.25) is 0 Å². The molecule has 2 aromatic heterocycles. The van der Waals surface area contributed by atoms with Crippen LogP contribution in [0.25, 0.3) is 11.4 Å². The van der Waals surface area contributed by atoms with Crippen LogP contribution in [0.2, 0.25) is 0 Å². The molecule has 2 aliphatic rings. The predicted octanol–water partition coefficient (Wildman–Crippen LogP) is 4.91. The van der Waals surface area contributed by atoms with Gasteiger partial charge < -0.3 is 19.7 Å². The number of aromatic nitrogens is 3. The monoisotopic (exact) mass is 524 g/mol. The van der Waals surface area contributed by atoms with Crippen molar-refractivity contribution in [2.45, 2.75) is 45.3 Å². The molecule has 1 spiro atoms. The minimum Gasteiger partial charge on any atom is -0.497 e. The molecule has 1 unspecified atom stereocenters. The van der Waals surface area contributed by atoms with Gasteiger partial charge in [-0.3, -0.25) is 4.90 Å². The van der Waals surface area contributed by atoms with Gasteiger partial charge in [-0.1, -0.05) is 0 Å². The number of pyridine rings is 1. The summed E-state index contributed by atoms with van der Waals surface area (Å²) in [6.07, 6.45) is 5.88. The minimum absolute atomic E-state index is 0.0641. The number of amides is 2. The van der Waals surface area contributed by atoms with E-state index in [1.165, 1.54) is 19.2 Å². The Morgan fingerprint density at radius 1 is 1.18 bits per heavy atom. The number of rotatable bonds is 6. The molecule has 9 nitrogen and oxygen atoms in total. The first-order valence-electron chi connectivity index (χ1n) is 12.6. The van der Waals surface area contributed by atoms with Crippen LogP contribution in [0.4, 0.5) is 25.1 Å². The van der Waals surface area contributed by atoms with E-state index in [9.17, 15) is 13.6 Å². The van der Waals surface area contributed by atoms with Crippen LogP contribution >= 0.6 is 0 Å². The summed E-state index contributed by atoms with van der Waals surface area (Å²) < 4.78 is 35.5. The number of hydrogen-bond acceptors (Lipinski definition) is 7. The molecule has 0 saturated carbocycles. The number of anilines is 2. The van der Waals surface area contributed by atoms with Crippen LogP contribution in [0.3, 0.4) is 0 Å². The highest BCUT2D eigenvalue weighted by molar-refractivity contribution is 5.93. The number of fused-ring (bicyclic) bond motifs is 1. The number of benzene rings is 1. The molecule has 200 valence electrons. The second-order valence-electron chi connectivity index (χ2n) is 9.55. The number of carbonyl (C=O) groups excluding carboxylic acids is 1. The lowest BCUT2D eigenvalue weighted by atomic mass is 9.86. The third kappa shape index (κ3) is 5.05. The molecule has 11 heteroatoms. The van der Waals surface area contributed by atoms with E-state index in [4.69, 9.17) is 9.72 Å². The molecule has 1 atom stereocenters. The molecule has 0 aliphatic carbocycles. The van der Waals surface area contributed by atoms with Crippen LogP contribution in [0, 0.1) is 6.92 Å². The fraction of sp³-hybridized carbons (Fsp3) is 0.407. The molecule has 38 heavy (non-hydrogen) atoms. The second kappa shape index (κ2) is 10.4. The van der Waals surface area contributed by atoms with E-state index in [1.807, 2.05) is 13.8 Å². The summed E-state index contributed by atoms with van der Waals surface area (Å²) in [5.41, 5.74) is 3.00. The maximum absolute atomic E-state index is 13.6. The third-order valence-corrected chi connectivity index (χ3v) is 7.16. The van der Waals surface area contributed by atoms with E-state index >= 15 is 0 Å². The molecule has 4 heterocycles. The van der Waals surface area contributed by atoms with Crippen LogP contribution in [-0.2, 0) is 6.42 Å². The van der Waals surface area contributed by atoms with Gasteiger partial charge in [-0.05, 0) is 50.8 Å². The number of urea groups is 1. The number of alkyl halides is 2. The summed E-state index contributed by atoms with van der Waals surface area (Å²) in [5.74, 6) is 1.74. The van der Waals surface area contributed by atoms with E-state index in [0.29, 0.717) is 36.9 Å². The quantitative estimate of drug-likeness (QED) is 0.490. The molecule has 1 fully saturated rings. The lowest BCUT2D eigenvalue weighted by molar-refractivity contribution is -0.0498. The van der Waals surface area contributed by atoms with Gasteiger partial charge in [0.25, 0.3) is 0 Å². The predicted molar refractivity (Wildman–Crippen MR) is 139 cm³/mol. The molecule has 1 saturated heterocycles. The van der Waals surface area contributed by atoms with Crippen LogP contribution in [-0.4, -0.2) is 64.8 Å². The number of ether oxygens (including phenoxy) is 2. The van der Waals surface area contributed by atoms with Crippen LogP contribution in [0.1, 0.15) is 31.0 Å². The number of nitrogens with one attached hydrogen (secondary N) is 1. The Morgan fingerprint density at radius 2 is 1.95 bits per heavy atom. The Balaban J connectivity index is 1.34. The lowest BCUT2D eigenvalue weighted by Gasteiger charge is -2.37. The van der Waals surface area contributed by atoms with Gasteiger partial charge in [-0.2, -0.15) is 8.78 Å². The van der Waals surface area contributed by atoms with Crippen molar-refractivity contribution in [3.63, 3.8) is 0 Å².